The summed E-state index contributed by atoms with van der Waals surface area (Å²) in [5.41, 5.74) is 1.46. The first-order valence-corrected chi connectivity index (χ1v) is 8.02. The molecule has 1 aliphatic carbocycles. The second kappa shape index (κ2) is 4.42. The third-order valence-electron chi connectivity index (χ3n) is 5.46. The van der Waals surface area contributed by atoms with Crippen molar-refractivity contribution in [2.45, 2.75) is 45.6 Å². The van der Waals surface area contributed by atoms with Gasteiger partial charge in [0.2, 0.25) is 0 Å². The van der Waals surface area contributed by atoms with Gasteiger partial charge in [-0.15, -0.1) is 0 Å². The van der Waals surface area contributed by atoms with Gasteiger partial charge < -0.3 is 4.90 Å². The van der Waals surface area contributed by atoms with Crippen molar-refractivity contribution in [3.63, 3.8) is 0 Å². The second-order valence-electron chi connectivity index (χ2n) is 7.09. The van der Waals surface area contributed by atoms with E-state index in [1.165, 1.54) is 25.7 Å². The zero-order valence-electron chi connectivity index (χ0n) is 13.1. The molecule has 5 nitrogen and oxygen atoms in total. The van der Waals surface area contributed by atoms with Gasteiger partial charge in [-0.3, -0.25) is 4.68 Å². The minimum absolute atomic E-state index is 0.535. The average molecular weight is 285 g/mol. The molecule has 1 aliphatic heterocycles. The summed E-state index contributed by atoms with van der Waals surface area (Å²) in [5, 5.41) is 5.43. The Bertz CT molecular complexity index is 668. The van der Waals surface area contributed by atoms with Crippen LogP contribution < -0.4 is 4.90 Å². The van der Waals surface area contributed by atoms with Gasteiger partial charge in [-0.25, -0.2) is 9.97 Å². The molecule has 5 heteroatoms. The quantitative estimate of drug-likeness (QED) is 0.851. The van der Waals surface area contributed by atoms with Crippen molar-refractivity contribution in [2.24, 2.45) is 18.4 Å². The highest BCUT2D eigenvalue weighted by atomic mass is 15.3. The van der Waals surface area contributed by atoms with Crippen LogP contribution in [0.2, 0.25) is 0 Å². The van der Waals surface area contributed by atoms with E-state index in [2.05, 4.69) is 33.8 Å². The van der Waals surface area contributed by atoms with Crippen LogP contribution in [0.3, 0.4) is 0 Å². The van der Waals surface area contributed by atoms with Gasteiger partial charge in [0.25, 0.3) is 0 Å². The number of anilines is 1. The van der Waals surface area contributed by atoms with E-state index in [9.17, 15) is 0 Å². The third kappa shape index (κ3) is 1.72. The fraction of sp³-hybridized carbons (Fsp3) is 0.688. The van der Waals surface area contributed by atoms with Crippen LogP contribution in [0.5, 0.6) is 0 Å². The maximum Gasteiger partial charge on any atom is 0.163 e. The summed E-state index contributed by atoms with van der Waals surface area (Å²) in [7, 11) is 1.94. The summed E-state index contributed by atoms with van der Waals surface area (Å²) in [6, 6.07) is 0.610. The number of fused-ring (bicyclic) bond motifs is 1. The Morgan fingerprint density at radius 3 is 2.71 bits per heavy atom. The topological polar surface area (TPSA) is 46.8 Å². The lowest BCUT2D eigenvalue weighted by Crippen LogP contribution is -2.66. The minimum atomic E-state index is 0.535. The Balaban J connectivity index is 1.75. The maximum absolute atomic E-state index is 4.59. The lowest BCUT2D eigenvalue weighted by Gasteiger charge is -2.59. The van der Waals surface area contributed by atoms with Gasteiger partial charge >= 0.3 is 0 Å². The molecule has 0 radical (unpaired) electrons. The van der Waals surface area contributed by atoms with Crippen molar-refractivity contribution in [3.8, 4) is 0 Å². The van der Waals surface area contributed by atoms with E-state index >= 15 is 0 Å². The van der Waals surface area contributed by atoms with Gasteiger partial charge in [0.15, 0.2) is 5.65 Å². The molecule has 2 aromatic heterocycles. The molecule has 1 saturated heterocycles. The van der Waals surface area contributed by atoms with Gasteiger partial charge in [-0.2, -0.15) is 5.10 Å². The van der Waals surface area contributed by atoms with Crippen molar-refractivity contribution >= 4 is 16.9 Å². The minimum Gasteiger partial charge on any atom is -0.351 e. The number of hydrogen-bond acceptors (Lipinski definition) is 4. The van der Waals surface area contributed by atoms with Crippen LogP contribution in [0.25, 0.3) is 11.0 Å². The first-order valence-electron chi connectivity index (χ1n) is 8.02. The number of nitrogens with zero attached hydrogens (tertiary/aromatic N) is 5. The zero-order valence-corrected chi connectivity index (χ0v) is 13.1. The fourth-order valence-electron chi connectivity index (χ4n) is 4.73. The molecule has 0 aromatic carbocycles. The van der Waals surface area contributed by atoms with Crippen LogP contribution in [0.1, 0.15) is 39.5 Å². The van der Waals surface area contributed by atoms with Crippen LogP contribution >= 0.6 is 0 Å². The summed E-state index contributed by atoms with van der Waals surface area (Å²) < 4.78 is 1.83. The highest BCUT2D eigenvalue weighted by Gasteiger charge is 2.55. The van der Waals surface area contributed by atoms with E-state index < -0.39 is 0 Å². The molecule has 1 saturated carbocycles. The molecule has 0 N–H and O–H groups in total. The van der Waals surface area contributed by atoms with E-state index in [0.29, 0.717) is 17.4 Å². The normalized spacial score (nSPS) is 24.2. The fourth-order valence-corrected chi connectivity index (χ4v) is 4.73. The number of rotatable bonds is 2. The van der Waals surface area contributed by atoms with Gasteiger partial charge in [0.05, 0.1) is 11.6 Å². The van der Waals surface area contributed by atoms with E-state index in [1.54, 1.807) is 6.33 Å². The van der Waals surface area contributed by atoms with E-state index in [-0.39, 0.29) is 0 Å². The zero-order chi connectivity index (χ0) is 14.6. The van der Waals surface area contributed by atoms with Gasteiger partial charge in [0.1, 0.15) is 12.1 Å². The Kier molecular flexibility index (Phi) is 2.75. The van der Waals surface area contributed by atoms with Crippen LogP contribution in [0.15, 0.2) is 12.5 Å². The Morgan fingerprint density at radius 1 is 1.24 bits per heavy atom. The lowest BCUT2D eigenvalue weighted by atomic mass is 9.66. The second-order valence-corrected chi connectivity index (χ2v) is 7.09. The van der Waals surface area contributed by atoms with Crippen molar-refractivity contribution in [2.75, 3.05) is 11.4 Å². The van der Waals surface area contributed by atoms with Crippen molar-refractivity contribution in [1.82, 2.24) is 19.7 Å². The van der Waals surface area contributed by atoms with E-state index in [1.807, 2.05) is 17.9 Å². The third-order valence-corrected chi connectivity index (χ3v) is 5.46. The molecule has 2 aliphatic rings. The summed E-state index contributed by atoms with van der Waals surface area (Å²) >= 11 is 0. The van der Waals surface area contributed by atoms with Crippen LogP contribution in [0.4, 0.5) is 5.82 Å². The van der Waals surface area contributed by atoms with Crippen LogP contribution in [0, 0.1) is 11.3 Å². The summed E-state index contributed by atoms with van der Waals surface area (Å²) in [4.78, 5) is 11.5. The molecule has 3 heterocycles. The Hall–Kier alpha value is -1.65. The van der Waals surface area contributed by atoms with Crippen molar-refractivity contribution < 1.29 is 0 Å². The highest BCUT2D eigenvalue weighted by molar-refractivity contribution is 5.87. The molecule has 0 amide bonds. The van der Waals surface area contributed by atoms with Crippen molar-refractivity contribution in [3.05, 3.63) is 12.5 Å². The Morgan fingerprint density at radius 2 is 2.00 bits per heavy atom. The van der Waals surface area contributed by atoms with E-state index in [0.717, 1.165) is 23.4 Å². The monoisotopic (exact) mass is 285 g/mol. The first-order chi connectivity index (χ1) is 10.1. The number of hydrogen-bond donors (Lipinski definition) is 0. The molecule has 2 aromatic rings. The summed E-state index contributed by atoms with van der Waals surface area (Å²) in [5.74, 6) is 1.72. The van der Waals surface area contributed by atoms with Crippen LogP contribution in [-0.2, 0) is 7.05 Å². The molecule has 1 atom stereocenters. The molecule has 1 unspecified atom stereocenters. The highest BCUT2D eigenvalue weighted by Crippen LogP contribution is 2.54. The number of aromatic nitrogens is 4. The molecular weight excluding hydrogens is 262 g/mol. The lowest BCUT2D eigenvalue weighted by molar-refractivity contribution is 0.0984. The predicted octanol–water partition coefficient (Wildman–Crippen LogP) is 2.77. The van der Waals surface area contributed by atoms with Gasteiger partial charge in [0, 0.05) is 25.0 Å². The molecule has 21 heavy (non-hydrogen) atoms. The molecule has 0 bridgehead atoms. The maximum atomic E-state index is 4.59. The van der Waals surface area contributed by atoms with E-state index in [4.69, 9.17) is 0 Å². The average Bonchev–Trinajstić information content (AvgIpc) is 3.04. The van der Waals surface area contributed by atoms with Gasteiger partial charge in [-0.05, 0) is 18.8 Å². The van der Waals surface area contributed by atoms with Crippen LogP contribution in [-0.4, -0.2) is 32.3 Å². The predicted molar refractivity (Wildman–Crippen MR) is 83.2 cm³/mol. The SMILES string of the molecule is CC(C)C1N(c2ncnc3c2cnn3C)CC12CCCC2. The molecule has 4 rings (SSSR count). The smallest absolute Gasteiger partial charge is 0.163 e. The molecule has 1 spiro atoms. The molecule has 2 fully saturated rings. The molecular formula is C16H23N5. The summed E-state index contributed by atoms with van der Waals surface area (Å²) in [6.07, 6.45) is 9.13. The molecule has 112 valence electrons. The standard InChI is InChI=1S/C16H23N5/c1-11(2)13-16(6-4-5-7-16)9-21(13)15-12-8-19-20(3)14(12)17-10-18-15/h8,10-11,13H,4-7,9H2,1-3H3. The summed E-state index contributed by atoms with van der Waals surface area (Å²) in [6.45, 7) is 5.84. The number of aryl methyl sites for hydroxylation is 1. The Labute approximate surface area is 125 Å². The first kappa shape index (κ1) is 13.0. The largest absolute Gasteiger partial charge is 0.351 e. The van der Waals surface area contributed by atoms with Gasteiger partial charge in [-0.1, -0.05) is 26.7 Å². The van der Waals surface area contributed by atoms with Crippen molar-refractivity contribution in [1.29, 1.82) is 0 Å².